The van der Waals surface area contributed by atoms with E-state index in [2.05, 4.69) is 11.1 Å². The first kappa shape index (κ1) is 18.4. The van der Waals surface area contributed by atoms with Crippen molar-refractivity contribution in [2.45, 2.75) is 17.5 Å². The molecule has 0 saturated carbocycles. The van der Waals surface area contributed by atoms with E-state index < -0.39 is 0 Å². The summed E-state index contributed by atoms with van der Waals surface area (Å²) in [6.07, 6.45) is 0. The Morgan fingerprint density at radius 2 is 2.04 bits per heavy atom. The van der Waals surface area contributed by atoms with Gasteiger partial charge in [-0.25, -0.2) is 9.37 Å². The van der Waals surface area contributed by atoms with Crippen LogP contribution in [-0.2, 0) is 12.3 Å². The van der Waals surface area contributed by atoms with E-state index in [1.54, 1.807) is 24.3 Å². The zero-order valence-corrected chi connectivity index (χ0v) is 16.3. The van der Waals surface area contributed by atoms with Crippen LogP contribution >= 0.6 is 23.1 Å². The Labute approximate surface area is 168 Å². The molecule has 138 valence electrons. The van der Waals surface area contributed by atoms with Crippen LogP contribution in [0.15, 0.2) is 69.9 Å². The van der Waals surface area contributed by atoms with Crippen LogP contribution in [0, 0.1) is 17.1 Å². The number of nitriles is 1. The van der Waals surface area contributed by atoms with Crippen LogP contribution in [0.5, 0.6) is 0 Å². The highest BCUT2D eigenvalue weighted by Gasteiger charge is 2.15. The summed E-state index contributed by atoms with van der Waals surface area (Å²) in [6, 6.07) is 17.7. The van der Waals surface area contributed by atoms with E-state index in [1.165, 1.54) is 33.7 Å². The molecule has 4 nitrogen and oxygen atoms in total. The van der Waals surface area contributed by atoms with Gasteiger partial charge in [0.15, 0.2) is 5.16 Å². The first-order valence-corrected chi connectivity index (χ1v) is 10.4. The van der Waals surface area contributed by atoms with Gasteiger partial charge in [0.25, 0.3) is 5.56 Å². The fraction of sp³-hybridized carbons (Fsp3) is 0.0952. The van der Waals surface area contributed by atoms with Gasteiger partial charge in [0.1, 0.15) is 10.5 Å². The largest absolute Gasteiger partial charge is 0.282 e. The third-order valence-electron chi connectivity index (χ3n) is 4.24. The summed E-state index contributed by atoms with van der Waals surface area (Å²) in [5.74, 6) is 0.202. The highest BCUT2D eigenvalue weighted by molar-refractivity contribution is 7.98. The summed E-state index contributed by atoms with van der Waals surface area (Å²) in [4.78, 5) is 17.6. The molecule has 0 unspecified atom stereocenters. The molecule has 0 N–H and O–H groups in total. The third kappa shape index (κ3) is 3.70. The smallest absolute Gasteiger partial charge is 0.272 e. The molecular formula is C21H14FN3OS2. The fourth-order valence-electron chi connectivity index (χ4n) is 2.85. The number of benzene rings is 2. The van der Waals surface area contributed by atoms with Crippen molar-refractivity contribution in [1.82, 2.24) is 9.55 Å². The van der Waals surface area contributed by atoms with Gasteiger partial charge < -0.3 is 0 Å². The van der Waals surface area contributed by atoms with Crippen molar-refractivity contribution < 1.29 is 4.39 Å². The summed E-state index contributed by atoms with van der Waals surface area (Å²) < 4.78 is 16.2. The van der Waals surface area contributed by atoms with Crippen LogP contribution in [0.1, 0.15) is 16.7 Å². The van der Waals surface area contributed by atoms with Crippen molar-refractivity contribution in [3.05, 3.63) is 92.8 Å². The molecule has 28 heavy (non-hydrogen) atoms. The number of thioether (sulfide) groups is 1. The highest BCUT2D eigenvalue weighted by atomic mass is 32.2. The molecular weight excluding hydrogens is 393 g/mol. The lowest BCUT2D eigenvalue weighted by molar-refractivity contribution is 0.580. The van der Waals surface area contributed by atoms with Crippen molar-refractivity contribution in [2.24, 2.45) is 0 Å². The van der Waals surface area contributed by atoms with Crippen molar-refractivity contribution in [2.75, 3.05) is 0 Å². The molecule has 0 amide bonds. The summed E-state index contributed by atoms with van der Waals surface area (Å²) >= 11 is 2.74. The summed E-state index contributed by atoms with van der Waals surface area (Å²) in [7, 11) is 0. The van der Waals surface area contributed by atoms with Crippen molar-refractivity contribution >= 4 is 33.3 Å². The first-order valence-electron chi connectivity index (χ1n) is 8.49. The van der Waals surface area contributed by atoms with E-state index in [4.69, 9.17) is 5.26 Å². The van der Waals surface area contributed by atoms with Gasteiger partial charge in [-0.1, -0.05) is 42.1 Å². The number of nitrogens with zero attached hydrogens (tertiary/aromatic N) is 3. The van der Waals surface area contributed by atoms with Crippen LogP contribution in [0.4, 0.5) is 4.39 Å². The monoisotopic (exact) mass is 407 g/mol. The van der Waals surface area contributed by atoms with Gasteiger partial charge in [0.2, 0.25) is 0 Å². The van der Waals surface area contributed by atoms with Crippen molar-refractivity contribution in [1.29, 1.82) is 5.26 Å². The average Bonchev–Trinajstić information content (AvgIpc) is 3.19. The fourth-order valence-corrected chi connectivity index (χ4v) is 4.57. The number of aromatic nitrogens is 2. The molecule has 0 saturated heterocycles. The minimum absolute atomic E-state index is 0.118. The van der Waals surface area contributed by atoms with E-state index in [0.29, 0.717) is 32.3 Å². The first-order chi connectivity index (χ1) is 13.7. The molecule has 0 spiro atoms. The van der Waals surface area contributed by atoms with Gasteiger partial charge in [-0.05, 0) is 35.2 Å². The van der Waals surface area contributed by atoms with Crippen LogP contribution in [-0.4, -0.2) is 9.55 Å². The van der Waals surface area contributed by atoms with Crippen LogP contribution in [0.25, 0.3) is 10.2 Å². The van der Waals surface area contributed by atoms with Crippen molar-refractivity contribution in [3.8, 4) is 6.07 Å². The lowest BCUT2D eigenvalue weighted by Gasteiger charge is -2.12. The number of thiophene rings is 1. The lowest BCUT2D eigenvalue weighted by Crippen LogP contribution is -2.23. The topological polar surface area (TPSA) is 58.7 Å². The van der Waals surface area contributed by atoms with E-state index in [-0.39, 0.29) is 17.9 Å². The lowest BCUT2D eigenvalue weighted by atomic mass is 10.2. The zero-order valence-electron chi connectivity index (χ0n) is 14.6. The maximum absolute atomic E-state index is 14.2. The zero-order chi connectivity index (χ0) is 19.5. The minimum atomic E-state index is -0.349. The van der Waals surface area contributed by atoms with E-state index in [1.807, 2.05) is 29.6 Å². The second kappa shape index (κ2) is 7.97. The Hall–Kier alpha value is -2.95. The molecule has 0 aliphatic heterocycles. The summed E-state index contributed by atoms with van der Waals surface area (Å²) in [5.41, 5.74) is 2.46. The quantitative estimate of drug-likeness (QED) is 0.352. The highest BCUT2D eigenvalue weighted by Crippen LogP contribution is 2.25. The number of hydrogen-bond acceptors (Lipinski definition) is 5. The second-order valence-electron chi connectivity index (χ2n) is 6.11. The third-order valence-corrected chi connectivity index (χ3v) is 6.18. The molecule has 4 rings (SSSR count). The Morgan fingerprint density at radius 1 is 1.18 bits per heavy atom. The molecule has 0 radical (unpaired) electrons. The molecule has 4 aromatic rings. The van der Waals surface area contributed by atoms with Crippen LogP contribution in [0.2, 0.25) is 0 Å². The molecule has 0 bridgehead atoms. The molecule has 2 aromatic heterocycles. The number of halogens is 1. The molecule has 7 heteroatoms. The van der Waals surface area contributed by atoms with Crippen LogP contribution in [0.3, 0.4) is 0 Å². The van der Waals surface area contributed by atoms with Crippen molar-refractivity contribution in [3.63, 3.8) is 0 Å². The predicted molar refractivity (Wildman–Crippen MR) is 110 cm³/mol. The summed E-state index contributed by atoms with van der Waals surface area (Å²) in [6.45, 7) is 0.118. The maximum Gasteiger partial charge on any atom is 0.272 e. The maximum atomic E-state index is 14.2. The predicted octanol–water partition coefficient (Wildman–Crippen LogP) is 4.81. The molecule has 0 fully saturated rings. The average molecular weight is 407 g/mol. The Bertz CT molecular complexity index is 1260. The van der Waals surface area contributed by atoms with Gasteiger partial charge in [-0.2, -0.15) is 5.26 Å². The number of hydrogen-bond donors (Lipinski definition) is 0. The van der Waals surface area contributed by atoms with Crippen LogP contribution < -0.4 is 5.56 Å². The Balaban J connectivity index is 1.72. The second-order valence-corrected chi connectivity index (χ2v) is 7.97. The minimum Gasteiger partial charge on any atom is -0.282 e. The number of fused-ring (bicyclic) bond motifs is 1. The molecule has 2 heterocycles. The molecule has 0 aliphatic rings. The normalized spacial score (nSPS) is 10.9. The van der Waals surface area contributed by atoms with Gasteiger partial charge in [0.05, 0.1) is 23.7 Å². The summed E-state index contributed by atoms with van der Waals surface area (Å²) in [5, 5.41) is 11.4. The molecule has 0 atom stereocenters. The van der Waals surface area contributed by atoms with Gasteiger partial charge >= 0.3 is 0 Å². The SMILES string of the molecule is N#Cc1cccc(CSc2nc3ccsc3c(=O)n2Cc2ccccc2F)c1. The number of rotatable bonds is 5. The Kier molecular flexibility index (Phi) is 5.24. The van der Waals surface area contributed by atoms with E-state index in [9.17, 15) is 9.18 Å². The van der Waals surface area contributed by atoms with Gasteiger partial charge in [0, 0.05) is 11.3 Å². The van der Waals surface area contributed by atoms with Gasteiger partial charge in [-0.15, -0.1) is 11.3 Å². The standard InChI is InChI=1S/C21H14FN3OS2/c22-17-7-2-1-6-16(17)12-25-20(26)19-18(8-9-27-19)24-21(25)28-13-15-5-3-4-14(10-15)11-23/h1-10H,12-13H2. The molecule has 0 aliphatic carbocycles. The Morgan fingerprint density at radius 3 is 2.86 bits per heavy atom. The van der Waals surface area contributed by atoms with Gasteiger partial charge in [-0.3, -0.25) is 9.36 Å². The van der Waals surface area contributed by atoms with E-state index in [0.717, 1.165) is 5.56 Å². The van der Waals surface area contributed by atoms with E-state index >= 15 is 0 Å². The molecule has 2 aromatic carbocycles.